The lowest BCUT2D eigenvalue weighted by atomic mass is 10.2. The van der Waals surface area contributed by atoms with E-state index in [9.17, 15) is 9.59 Å². The zero-order valence-corrected chi connectivity index (χ0v) is 17.4. The zero-order chi connectivity index (χ0) is 20.8. The molecule has 29 heavy (non-hydrogen) atoms. The molecule has 0 aromatic heterocycles. The first kappa shape index (κ1) is 20.9. The van der Waals surface area contributed by atoms with Crippen LogP contribution in [0.15, 0.2) is 48.5 Å². The van der Waals surface area contributed by atoms with Gasteiger partial charge in [-0.15, -0.1) is 0 Å². The lowest BCUT2D eigenvalue weighted by molar-refractivity contribution is -0.139. The molecule has 1 aliphatic rings. The van der Waals surface area contributed by atoms with Crippen LogP contribution in [0.3, 0.4) is 0 Å². The van der Waals surface area contributed by atoms with Crippen molar-refractivity contribution in [2.75, 3.05) is 38.0 Å². The Hall–Kier alpha value is -2.86. The Morgan fingerprint density at radius 1 is 1.00 bits per heavy atom. The first-order chi connectivity index (χ1) is 13.9. The summed E-state index contributed by atoms with van der Waals surface area (Å²) in [4.78, 5) is 28.8. The summed E-state index contributed by atoms with van der Waals surface area (Å²) in [5.74, 6) is 0.650. The molecule has 2 amide bonds. The summed E-state index contributed by atoms with van der Waals surface area (Å²) in [7, 11) is 0. The average Bonchev–Trinajstić information content (AvgIpc) is 2.70. The largest absolute Gasteiger partial charge is 0.481 e. The molecule has 0 aliphatic carbocycles. The van der Waals surface area contributed by atoms with E-state index in [1.54, 1.807) is 6.92 Å². The normalized spacial score (nSPS) is 15.6. The van der Waals surface area contributed by atoms with Gasteiger partial charge in [-0.3, -0.25) is 14.5 Å². The van der Waals surface area contributed by atoms with Gasteiger partial charge in [0.2, 0.25) is 5.91 Å². The van der Waals surface area contributed by atoms with Crippen LogP contribution in [0.4, 0.5) is 5.69 Å². The van der Waals surface area contributed by atoms with Gasteiger partial charge in [0.05, 0.1) is 6.54 Å². The highest BCUT2D eigenvalue weighted by Gasteiger charge is 2.26. The minimum atomic E-state index is -0.534. The van der Waals surface area contributed by atoms with E-state index in [0.717, 1.165) is 16.8 Å². The van der Waals surface area contributed by atoms with E-state index in [0.29, 0.717) is 38.5 Å². The van der Waals surface area contributed by atoms with E-state index in [1.807, 2.05) is 67.3 Å². The lowest BCUT2D eigenvalue weighted by Crippen LogP contribution is -2.53. The number of hydrogen-bond donors (Lipinski definition) is 1. The number of aryl methyl sites for hydroxylation is 2. The summed E-state index contributed by atoms with van der Waals surface area (Å²) in [5, 5.41) is 2.92. The fourth-order valence-corrected chi connectivity index (χ4v) is 3.37. The van der Waals surface area contributed by atoms with Crippen LogP contribution in [0.2, 0.25) is 0 Å². The molecule has 3 rings (SSSR count). The van der Waals surface area contributed by atoms with Crippen LogP contribution in [0.25, 0.3) is 0 Å². The predicted molar refractivity (Wildman–Crippen MR) is 114 cm³/mol. The fraction of sp³-hybridized carbons (Fsp3) is 0.391. The fourth-order valence-electron chi connectivity index (χ4n) is 3.37. The number of rotatable bonds is 6. The Bertz CT molecular complexity index is 843. The molecule has 1 unspecified atom stereocenters. The Kier molecular flexibility index (Phi) is 6.88. The minimum Gasteiger partial charge on any atom is -0.481 e. The maximum Gasteiger partial charge on any atom is 0.263 e. The summed E-state index contributed by atoms with van der Waals surface area (Å²) in [6.07, 6.45) is -0.534. The molecule has 1 N–H and O–H groups in total. The molecular formula is C23H29N3O3. The van der Waals surface area contributed by atoms with E-state index in [4.69, 9.17) is 4.74 Å². The number of amides is 2. The molecule has 1 saturated heterocycles. The Morgan fingerprint density at radius 2 is 1.69 bits per heavy atom. The Labute approximate surface area is 172 Å². The first-order valence-electron chi connectivity index (χ1n) is 10.0. The molecule has 0 radical (unpaired) electrons. The molecule has 1 atom stereocenters. The molecule has 0 spiro atoms. The van der Waals surface area contributed by atoms with Crippen molar-refractivity contribution in [3.63, 3.8) is 0 Å². The van der Waals surface area contributed by atoms with Crippen molar-refractivity contribution in [1.82, 2.24) is 9.80 Å². The van der Waals surface area contributed by atoms with Gasteiger partial charge in [-0.05, 0) is 50.6 Å². The number of nitrogens with one attached hydrogen (secondary N) is 1. The molecule has 1 fully saturated rings. The highest BCUT2D eigenvalue weighted by Crippen LogP contribution is 2.16. The van der Waals surface area contributed by atoms with E-state index >= 15 is 0 Å². The van der Waals surface area contributed by atoms with Gasteiger partial charge in [0, 0.05) is 31.9 Å². The number of piperazine rings is 1. The molecule has 154 valence electrons. The average molecular weight is 396 g/mol. The van der Waals surface area contributed by atoms with Gasteiger partial charge < -0.3 is 15.0 Å². The van der Waals surface area contributed by atoms with Crippen LogP contribution >= 0.6 is 0 Å². The van der Waals surface area contributed by atoms with Crippen LogP contribution in [0.1, 0.15) is 18.1 Å². The second kappa shape index (κ2) is 9.56. The quantitative estimate of drug-likeness (QED) is 0.817. The number of anilines is 1. The van der Waals surface area contributed by atoms with Crippen LogP contribution in [0.5, 0.6) is 5.75 Å². The maximum atomic E-state index is 12.7. The molecule has 2 aromatic rings. The maximum absolute atomic E-state index is 12.7. The van der Waals surface area contributed by atoms with Gasteiger partial charge >= 0.3 is 0 Å². The summed E-state index contributed by atoms with van der Waals surface area (Å²) in [5.41, 5.74) is 3.06. The third-order valence-electron chi connectivity index (χ3n) is 5.04. The van der Waals surface area contributed by atoms with E-state index in [1.165, 1.54) is 0 Å². The van der Waals surface area contributed by atoms with Crippen LogP contribution < -0.4 is 10.1 Å². The molecule has 6 heteroatoms. The molecule has 6 nitrogen and oxygen atoms in total. The molecule has 1 heterocycles. The van der Waals surface area contributed by atoms with Crippen LogP contribution in [-0.4, -0.2) is 60.4 Å². The van der Waals surface area contributed by atoms with Gasteiger partial charge in [0.15, 0.2) is 6.10 Å². The van der Waals surface area contributed by atoms with Gasteiger partial charge in [-0.25, -0.2) is 0 Å². The Morgan fingerprint density at radius 3 is 2.34 bits per heavy atom. The molecule has 0 bridgehead atoms. The highest BCUT2D eigenvalue weighted by atomic mass is 16.5. The number of benzene rings is 2. The SMILES string of the molecule is Cc1ccc(NC(=O)CN2CCN(C(=O)C(C)Oc3cccc(C)c3)CC2)cc1. The van der Waals surface area contributed by atoms with Crippen LogP contribution in [0, 0.1) is 13.8 Å². The van der Waals surface area contributed by atoms with Crippen molar-refractivity contribution < 1.29 is 14.3 Å². The van der Waals surface area contributed by atoms with Crippen molar-refractivity contribution in [2.24, 2.45) is 0 Å². The van der Waals surface area contributed by atoms with Crippen molar-refractivity contribution in [3.05, 3.63) is 59.7 Å². The molecular weight excluding hydrogens is 366 g/mol. The Balaban J connectivity index is 1.43. The summed E-state index contributed by atoms with van der Waals surface area (Å²) >= 11 is 0. The molecule has 0 saturated carbocycles. The zero-order valence-electron chi connectivity index (χ0n) is 17.4. The van der Waals surface area contributed by atoms with Gasteiger partial charge in [0.25, 0.3) is 5.91 Å². The standard InChI is InChI=1S/C23H29N3O3/c1-17-7-9-20(10-8-17)24-22(27)16-25-11-13-26(14-12-25)23(28)19(3)29-21-6-4-5-18(2)15-21/h4-10,15,19H,11-14,16H2,1-3H3,(H,24,27). The van der Waals surface area contributed by atoms with E-state index < -0.39 is 6.10 Å². The van der Waals surface area contributed by atoms with Crippen molar-refractivity contribution in [2.45, 2.75) is 26.9 Å². The van der Waals surface area contributed by atoms with Gasteiger partial charge in [-0.1, -0.05) is 29.8 Å². The van der Waals surface area contributed by atoms with Crippen LogP contribution in [-0.2, 0) is 9.59 Å². The highest BCUT2D eigenvalue weighted by molar-refractivity contribution is 5.92. The third-order valence-corrected chi connectivity index (χ3v) is 5.04. The van der Waals surface area contributed by atoms with E-state index in [2.05, 4.69) is 10.2 Å². The predicted octanol–water partition coefficient (Wildman–Crippen LogP) is 2.85. The summed E-state index contributed by atoms with van der Waals surface area (Å²) < 4.78 is 5.81. The molecule has 1 aliphatic heterocycles. The first-order valence-corrected chi connectivity index (χ1v) is 10.0. The second-order valence-electron chi connectivity index (χ2n) is 7.59. The number of carbonyl (C=O) groups excluding carboxylic acids is 2. The van der Waals surface area contributed by atoms with E-state index in [-0.39, 0.29) is 11.8 Å². The smallest absolute Gasteiger partial charge is 0.263 e. The monoisotopic (exact) mass is 395 g/mol. The van der Waals surface area contributed by atoms with Gasteiger partial charge in [0.1, 0.15) is 5.75 Å². The number of carbonyl (C=O) groups is 2. The summed E-state index contributed by atoms with van der Waals surface area (Å²) in [6.45, 7) is 8.65. The number of hydrogen-bond acceptors (Lipinski definition) is 4. The third kappa shape index (κ3) is 6.06. The number of nitrogens with zero attached hydrogens (tertiary/aromatic N) is 2. The van der Waals surface area contributed by atoms with Crippen molar-refractivity contribution in [1.29, 1.82) is 0 Å². The number of ether oxygens (including phenoxy) is 1. The minimum absolute atomic E-state index is 0.0183. The second-order valence-corrected chi connectivity index (χ2v) is 7.59. The van der Waals surface area contributed by atoms with Crippen molar-refractivity contribution in [3.8, 4) is 5.75 Å². The summed E-state index contributed by atoms with van der Waals surface area (Å²) in [6, 6.07) is 15.4. The van der Waals surface area contributed by atoms with Gasteiger partial charge in [-0.2, -0.15) is 0 Å². The molecule has 2 aromatic carbocycles. The van der Waals surface area contributed by atoms with Crippen molar-refractivity contribution >= 4 is 17.5 Å². The lowest BCUT2D eigenvalue weighted by Gasteiger charge is -2.35. The topological polar surface area (TPSA) is 61.9 Å².